The number of nitrogens with one attached hydrogen (secondary N) is 1. The molecule has 0 aliphatic heterocycles. The van der Waals surface area contributed by atoms with Crippen LogP contribution in [0.1, 0.15) is 6.92 Å². The standard InChI is InChI=1S/C8H11N3O3/c1-6(7(12)14-2)10-8(13)11-4-3-9-5-11/h3-6H,1-2H3,(H,10,13)/t6-/m0/s1. The lowest BCUT2D eigenvalue weighted by atomic mass is 10.3. The fourth-order valence-corrected chi connectivity index (χ4v) is 0.875. The van der Waals surface area contributed by atoms with Crippen LogP contribution in [0.5, 0.6) is 0 Å². The Morgan fingerprint density at radius 1 is 1.57 bits per heavy atom. The van der Waals surface area contributed by atoms with Crippen molar-refractivity contribution >= 4 is 12.0 Å². The number of hydrogen-bond donors (Lipinski definition) is 1. The first-order chi connectivity index (χ1) is 6.65. The minimum Gasteiger partial charge on any atom is -0.467 e. The molecule has 0 aliphatic rings. The van der Waals surface area contributed by atoms with Gasteiger partial charge in [-0.1, -0.05) is 0 Å². The Morgan fingerprint density at radius 3 is 2.79 bits per heavy atom. The highest BCUT2D eigenvalue weighted by Crippen LogP contribution is 1.89. The van der Waals surface area contributed by atoms with Crippen molar-refractivity contribution in [3.05, 3.63) is 18.7 Å². The van der Waals surface area contributed by atoms with Crippen molar-refractivity contribution in [2.24, 2.45) is 0 Å². The van der Waals surface area contributed by atoms with Gasteiger partial charge in [0, 0.05) is 12.4 Å². The summed E-state index contributed by atoms with van der Waals surface area (Å²) in [6.07, 6.45) is 4.31. The molecule has 0 fully saturated rings. The number of carbonyl (C=O) groups excluding carboxylic acids is 2. The number of imidazole rings is 1. The van der Waals surface area contributed by atoms with Gasteiger partial charge in [0.15, 0.2) is 0 Å². The van der Waals surface area contributed by atoms with Crippen LogP contribution in [0.25, 0.3) is 0 Å². The lowest BCUT2D eigenvalue weighted by Crippen LogP contribution is -2.41. The zero-order chi connectivity index (χ0) is 10.6. The molecule has 1 heterocycles. The number of carbonyl (C=O) groups is 2. The molecule has 6 heteroatoms. The van der Waals surface area contributed by atoms with E-state index < -0.39 is 18.0 Å². The Kier molecular flexibility index (Phi) is 3.22. The summed E-state index contributed by atoms with van der Waals surface area (Å²) >= 11 is 0. The predicted molar refractivity (Wildman–Crippen MR) is 47.6 cm³/mol. The molecular weight excluding hydrogens is 186 g/mol. The van der Waals surface area contributed by atoms with Gasteiger partial charge in [-0.25, -0.2) is 14.6 Å². The normalized spacial score (nSPS) is 11.9. The van der Waals surface area contributed by atoms with Crippen LogP contribution in [-0.2, 0) is 9.53 Å². The van der Waals surface area contributed by atoms with Crippen LogP contribution in [-0.4, -0.2) is 34.7 Å². The number of rotatable bonds is 2. The average Bonchev–Trinajstić information content (AvgIpc) is 2.69. The van der Waals surface area contributed by atoms with E-state index in [1.165, 1.54) is 30.4 Å². The lowest BCUT2D eigenvalue weighted by molar-refractivity contribution is -0.142. The molecule has 0 bridgehead atoms. The van der Waals surface area contributed by atoms with Gasteiger partial charge >= 0.3 is 12.0 Å². The predicted octanol–water partition coefficient (Wildman–Crippen LogP) is 0.00230. The minimum atomic E-state index is -0.671. The molecule has 1 aromatic heterocycles. The van der Waals surface area contributed by atoms with E-state index in [9.17, 15) is 9.59 Å². The molecule has 0 aromatic carbocycles. The van der Waals surface area contributed by atoms with E-state index in [4.69, 9.17) is 0 Å². The van der Waals surface area contributed by atoms with Gasteiger partial charge in [-0.15, -0.1) is 0 Å². The molecule has 1 N–H and O–H groups in total. The first kappa shape index (κ1) is 10.2. The van der Waals surface area contributed by atoms with Gasteiger partial charge in [0.1, 0.15) is 12.4 Å². The minimum absolute atomic E-state index is 0.416. The van der Waals surface area contributed by atoms with Crippen LogP contribution in [0.3, 0.4) is 0 Å². The maximum atomic E-state index is 11.3. The molecule has 14 heavy (non-hydrogen) atoms. The highest BCUT2D eigenvalue weighted by molar-refractivity contribution is 5.84. The molecule has 6 nitrogen and oxygen atoms in total. The third-order valence-electron chi connectivity index (χ3n) is 1.63. The van der Waals surface area contributed by atoms with E-state index in [0.717, 1.165) is 0 Å². The molecule has 1 aromatic rings. The number of ether oxygens (including phenoxy) is 1. The number of amides is 1. The van der Waals surface area contributed by atoms with Gasteiger partial charge < -0.3 is 10.1 Å². The van der Waals surface area contributed by atoms with Gasteiger partial charge in [0.2, 0.25) is 0 Å². The van der Waals surface area contributed by atoms with Crippen molar-refractivity contribution in [1.29, 1.82) is 0 Å². The van der Waals surface area contributed by atoms with Crippen LogP contribution >= 0.6 is 0 Å². The first-order valence-electron chi connectivity index (χ1n) is 4.02. The zero-order valence-corrected chi connectivity index (χ0v) is 7.93. The monoisotopic (exact) mass is 197 g/mol. The molecule has 0 unspecified atom stereocenters. The van der Waals surface area contributed by atoms with Crippen molar-refractivity contribution in [2.45, 2.75) is 13.0 Å². The van der Waals surface area contributed by atoms with Crippen molar-refractivity contribution in [3.63, 3.8) is 0 Å². The SMILES string of the molecule is COC(=O)[C@H](C)NC(=O)n1ccnc1. The van der Waals surface area contributed by atoms with Crippen LogP contribution < -0.4 is 5.32 Å². The highest BCUT2D eigenvalue weighted by atomic mass is 16.5. The lowest BCUT2D eigenvalue weighted by Gasteiger charge is -2.10. The highest BCUT2D eigenvalue weighted by Gasteiger charge is 2.15. The van der Waals surface area contributed by atoms with Gasteiger partial charge in [0.25, 0.3) is 0 Å². The maximum Gasteiger partial charge on any atom is 0.328 e. The Morgan fingerprint density at radius 2 is 2.29 bits per heavy atom. The fourth-order valence-electron chi connectivity index (χ4n) is 0.875. The van der Waals surface area contributed by atoms with Crippen LogP contribution in [0.2, 0.25) is 0 Å². The number of aromatic nitrogens is 2. The summed E-state index contributed by atoms with van der Waals surface area (Å²) in [4.78, 5) is 26.0. The van der Waals surface area contributed by atoms with Crippen LogP contribution in [0.4, 0.5) is 4.79 Å². The van der Waals surface area contributed by atoms with Gasteiger partial charge in [-0.3, -0.25) is 4.57 Å². The average molecular weight is 197 g/mol. The van der Waals surface area contributed by atoms with Gasteiger partial charge in [-0.2, -0.15) is 0 Å². The van der Waals surface area contributed by atoms with E-state index in [1.54, 1.807) is 6.92 Å². The van der Waals surface area contributed by atoms with Crippen LogP contribution in [0.15, 0.2) is 18.7 Å². The van der Waals surface area contributed by atoms with Gasteiger partial charge in [-0.05, 0) is 6.92 Å². The second-order valence-electron chi connectivity index (χ2n) is 2.66. The molecule has 1 atom stereocenters. The van der Waals surface area contributed by atoms with E-state index in [-0.39, 0.29) is 0 Å². The molecule has 0 saturated heterocycles. The smallest absolute Gasteiger partial charge is 0.328 e. The van der Waals surface area contributed by atoms with Crippen LogP contribution in [0, 0.1) is 0 Å². The molecule has 1 amide bonds. The van der Waals surface area contributed by atoms with E-state index in [1.807, 2.05) is 0 Å². The zero-order valence-electron chi connectivity index (χ0n) is 7.93. The summed E-state index contributed by atoms with van der Waals surface area (Å²) in [7, 11) is 1.27. The second kappa shape index (κ2) is 4.40. The number of methoxy groups -OCH3 is 1. The molecule has 76 valence electrons. The Bertz CT molecular complexity index is 321. The number of hydrogen-bond acceptors (Lipinski definition) is 4. The van der Waals surface area contributed by atoms with Crippen molar-refractivity contribution in [3.8, 4) is 0 Å². The van der Waals surface area contributed by atoms with E-state index in [0.29, 0.717) is 0 Å². The summed E-state index contributed by atoms with van der Waals surface area (Å²) in [5, 5.41) is 2.44. The topological polar surface area (TPSA) is 73.2 Å². The Balaban J connectivity index is 2.53. The van der Waals surface area contributed by atoms with E-state index >= 15 is 0 Å². The van der Waals surface area contributed by atoms with Crippen molar-refractivity contribution in [1.82, 2.24) is 14.9 Å². The molecule has 0 radical (unpaired) electrons. The second-order valence-corrected chi connectivity index (χ2v) is 2.66. The van der Waals surface area contributed by atoms with Crippen molar-refractivity contribution in [2.75, 3.05) is 7.11 Å². The summed E-state index contributed by atoms with van der Waals surface area (Å²) in [5.41, 5.74) is 0. The Labute approximate surface area is 80.9 Å². The van der Waals surface area contributed by atoms with Gasteiger partial charge in [0.05, 0.1) is 7.11 Å². The molecule has 0 spiro atoms. The largest absolute Gasteiger partial charge is 0.467 e. The van der Waals surface area contributed by atoms with E-state index in [2.05, 4.69) is 15.0 Å². The summed E-state index contributed by atoms with van der Waals surface area (Å²) in [5.74, 6) is -0.488. The quantitative estimate of drug-likeness (QED) is 0.677. The molecule has 1 rings (SSSR count). The molecular formula is C8H11N3O3. The first-order valence-corrected chi connectivity index (χ1v) is 4.02. The number of nitrogens with zero attached hydrogens (tertiary/aromatic N) is 2. The number of esters is 1. The summed E-state index contributed by atoms with van der Waals surface area (Å²) < 4.78 is 5.69. The third-order valence-corrected chi connectivity index (χ3v) is 1.63. The summed E-state index contributed by atoms with van der Waals surface area (Å²) in [6, 6.07) is -1.09. The summed E-state index contributed by atoms with van der Waals surface area (Å²) in [6.45, 7) is 1.54. The third kappa shape index (κ3) is 2.32. The molecule has 0 saturated carbocycles. The molecule has 0 aliphatic carbocycles. The maximum absolute atomic E-state index is 11.3. The Hall–Kier alpha value is -1.85. The van der Waals surface area contributed by atoms with Crippen molar-refractivity contribution < 1.29 is 14.3 Å². The fraction of sp³-hybridized carbons (Fsp3) is 0.375.